The SMILES string of the molecule is CCCC1CCC(NC2CCOc3ccc(Br)cc32)CC1. The van der Waals surface area contributed by atoms with E-state index in [0.29, 0.717) is 12.1 Å². The minimum absolute atomic E-state index is 0.457. The van der Waals surface area contributed by atoms with Crippen molar-refractivity contribution >= 4 is 15.9 Å². The average Bonchev–Trinajstić information content (AvgIpc) is 2.50. The molecule has 2 aliphatic rings. The molecule has 0 amide bonds. The lowest BCUT2D eigenvalue weighted by Gasteiger charge is -2.34. The van der Waals surface area contributed by atoms with E-state index >= 15 is 0 Å². The summed E-state index contributed by atoms with van der Waals surface area (Å²) in [6.45, 7) is 3.14. The predicted octanol–water partition coefficient (Wildman–Crippen LogP) is 5.22. The zero-order chi connectivity index (χ0) is 14.7. The van der Waals surface area contributed by atoms with Gasteiger partial charge in [-0.15, -0.1) is 0 Å². The largest absolute Gasteiger partial charge is 0.493 e. The molecule has 3 heteroatoms. The number of benzene rings is 1. The molecular formula is C18H26BrNO. The van der Waals surface area contributed by atoms with Gasteiger partial charge >= 0.3 is 0 Å². The Morgan fingerprint density at radius 2 is 2.00 bits per heavy atom. The minimum Gasteiger partial charge on any atom is -0.493 e. The van der Waals surface area contributed by atoms with Crippen molar-refractivity contribution in [2.24, 2.45) is 5.92 Å². The Bertz CT molecular complexity index is 468. The molecule has 1 unspecified atom stereocenters. The molecule has 1 atom stereocenters. The van der Waals surface area contributed by atoms with E-state index in [0.717, 1.165) is 29.2 Å². The molecule has 0 spiro atoms. The zero-order valence-electron chi connectivity index (χ0n) is 12.9. The third-order valence-corrected chi connectivity index (χ3v) is 5.49. The molecule has 116 valence electrons. The Morgan fingerprint density at radius 3 is 2.76 bits per heavy atom. The highest BCUT2D eigenvalue weighted by atomic mass is 79.9. The maximum Gasteiger partial charge on any atom is 0.124 e. The first-order valence-electron chi connectivity index (χ1n) is 8.44. The van der Waals surface area contributed by atoms with Crippen molar-refractivity contribution < 1.29 is 4.74 Å². The Balaban J connectivity index is 1.61. The number of hydrogen-bond donors (Lipinski definition) is 1. The number of hydrogen-bond acceptors (Lipinski definition) is 2. The first-order chi connectivity index (χ1) is 10.3. The second-order valence-corrected chi connectivity index (χ2v) is 7.46. The molecule has 1 N–H and O–H groups in total. The first kappa shape index (κ1) is 15.4. The molecule has 1 aromatic carbocycles. The van der Waals surface area contributed by atoms with Crippen molar-refractivity contribution in [2.75, 3.05) is 6.61 Å². The molecular weight excluding hydrogens is 326 g/mol. The fraction of sp³-hybridized carbons (Fsp3) is 0.667. The van der Waals surface area contributed by atoms with Gasteiger partial charge in [0.15, 0.2) is 0 Å². The van der Waals surface area contributed by atoms with E-state index in [-0.39, 0.29) is 0 Å². The maximum atomic E-state index is 5.79. The van der Waals surface area contributed by atoms with Crippen LogP contribution in [0, 0.1) is 5.92 Å². The van der Waals surface area contributed by atoms with E-state index < -0.39 is 0 Å². The van der Waals surface area contributed by atoms with Gasteiger partial charge in [-0.1, -0.05) is 35.7 Å². The van der Waals surface area contributed by atoms with Crippen LogP contribution in [-0.2, 0) is 0 Å². The van der Waals surface area contributed by atoms with Crippen molar-refractivity contribution in [3.8, 4) is 5.75 Å². The molecule has 0 radical (unpaired) electrons. The lowest BCUT2D eigenvalue weighted by molar-refractivity contribution is 0.217. The molecule has 2 nitrogen and oxygen atoms in total. The van der Waals surface area contributed by atoms with Crippen molar-refractivity contribution in [1.29, 1.82) is 0 Å². The highest BCUT2D eigenvalue weighted by Gasteiger charge is 2.26. The molecule has 0 bridgehead atoms. The Morgan fingerprint density at radius 1 is 1.19 bits per heavy atom. The van der Waals surface area contributed by atoms with Gasteiger partial charge in [-0.2, -0.15) is 0 Å². The molecule has 1 aliphatic carbocycles. The molecule has 1 aliphatic heterocycles. The summed E-state index contributed by atoms with van der Waals surface area (Å²) in [4.78, 5) is 0. The van der Waals surface area contributed by atoms with Gasteiger partial charge in [0, 0.05) is 28.5 Å². The number of nitrogens with one attached hydrogen (secondary N) is 1. The van der Waals surface area contributed by atoms with Gasteiger partial charge in [0.05, 0.1) is 6.61 Å². The van der Waals surface area contributed by atoms with E-state index in [1.807, 2.05) is 0 Å². The third kappa shape index (κ3) is 3.81. The van der Waals surface area contributed by atoms with Crippen LogP contribution < -0.4 is 10.1 Å². The van der Waals surface area contributed by atoms with Crippen molar-refractivity contribution in [3.05, 3.63) is 28.2 Å². The van der Waals surface area contributed by atoms with Crippen LogP contribution in [0.2, 0.25) is 0 Å². The summed E-state index contributed by atoms with van der Waals surface area (Å²) in [7, 11) is 0. The standard InChI is InChI=1S/C18H26BrNO/c1-2-3-13-4-7-15(8-5-13)20-17-10-11-21-18-9-6-14(19)12-16(17)18/h6,9,12-13,15,17,20H,2-5,7-8,10-11H2,1H3. The van der Waals surface area contributed by atoms with Crippen LogP contribution in [0.15, 0.2) is 22.7 Å². The summed E-state index contributed by atoms with van der Waals surface area (Å²) in [5.41, 5.74) is 1.33. The molecule has 21 heavy (non-hydrogen) atoms. The quantitative estimate of drug-likeness (QED) is 0.802. The summed E-state index contributed by atoms with van der Waals surface area (Å²) >= 11 is 3.58. The van der Waals surface area contributed by atoms with Crippen molar-refractivity contribution in [1.82, 2.24) is 5.32 Å². The molecule has 1 heterocycles. The topological polar surface area (TPSA) is 21.3 Å². The normalized spacial score (nSPS) is 28.8. The lowest BCUT2D eigenvalue weighted by Crippen LogP contribution is -2.38. The van der Waals surface area contributed by atoms with Crippen molar-refractivity contribution in [3.63, 3.8) is 0 Å². The third-order valence-electron chi connectivity index (χ3n) is 4.99. The zero-order valence-corrected chi connectivity index (χ0v) is 14.5. The monoisotopic (exact) mass is 351 g/mol. The Hall–Kier alpha value is -0.540. The van der Waals surface area contributed by atoms with Crippen LogP contribution in [-0.4, -0.2) is 12.6 Å². The van der Waals surface area contributed by atoms with Crippen LogP contribution >= 0.6 is 15.9 Å². The van der Waals surface area contributed by atoms with Crippen LogP contribution in [0.5, 0.6) is 5.75 Å². The van der Waals surface area contributed by atoms with Crippen molar-refractivity contribution in [2.45, 2.75) is 64.0 Å². The summed E-state index contributed by atoms with van der Waals surface area (Å²) in [5.74, 6) is 2.03. The summed E-state index contributed by atoms with van der Waals surface area (Å²) < 4.78 is 6.93. The number of halogens is 1. The Kier molecular flexibility index (Phi) is 5.23. The van der Waals surface area contributed by atoms with Gasteiger partial charge in [0.25, 0.3) is 0 Å². The molecule has 1 aromatic rings. The second-order valence-electron chi connectivity index (χ2n) is 6.54. The smallest absolute Gasteiger partial charge is 0.124 e. The van der Waals surface area contributed by atoms with E-state index in [1.165, 1.54) is 44.1 Å². The molecule has 3 rings (SSSR count). The molecule has 0 aromatic heterocycles. The summed E-state index contributed by atoms with van der Waals surface area (Å²) in [6.07, 6.45) is 9.32. The van der Waals surface area contributed by atoms with Gasteiger partial charge in [0.2, 0.25) is 0 Å². The average molecular weight is 352 g/mol. The lowest BCUT2D eigenvalue weighted by atomic mass is 9.83. The highest BCUT2D eigenvalue weighted by molar-refractivity contribution is 9.10. The fourth-order valence-corrected chi connectivity index (χ4v) is 4.23. The Labute approximate surface area is 136 Å². The molecule has 1 saturated carbocycles. The van der Waals surface area contributed by atoms with Crippen LogP contribution in [0.3, 0.4) is 0 Å². The first-order valence-corrected chi connectivity index (χ1v) is 9.24. The van der Waals surface area contributed by atoms with E-state index in [4.69, 9.17) is 4.74 Å². The highest BCUT2D eigenvalue weighted by Crippen LogP contribution is 2.36. The van der Waals surface area contributed by atoms with Gasteiger partial charge in [-0.05, 0) is 49.8 Å². The second kappa shape index (κ2) is 7.15. The number of ether oxygens (including phenoxy) is 1. The van der Waals surface area contributed by atoms with Crippen LogP contribution in [0.25, 0.3) is 0 Å². The van der Waals surface area contributed by atoms with E-state index in [1.54, 1.807) is 0 Å². The van der Waals surface area contributed by atoms with Gasteiger partial charge in [-0.3, -0.25) is 0 Å². The fourth-order valence-electron chi connectivity index (χ4n) is 3.85. The maximum absolute atomic E-state index is 5.79. The summed E-state index contributed by atoms with van der Waals surface area (Å²) in [6, 6.07) is 7.52. The van der Waals surface area contributed by atoms with E-state index in [9.17, 15) is 0 Å². The van der Waals surface area contributed by atoms with E-state index in [2.05, 4.69) is 46.4 Å². The van der Waals surface area contributed by atoms with Gasteiger partial charge in [-0.25, -0.2) is 0 Å². The molecule has 0 saturated heterocycles. The van der Waals surface area contributed by atoms with Gasteiger partial charge < -0.3 is 10.1 Å². The molecule has 1 fully saturated rings. The number of rotatable bonds is 4. The number of fused-ring (bicyclic) bond motifs is 1. The van der Waals surface area contributed by atoms with Crippen LogP contribution in [0.4, 0.5) is 0 Å². The summed E-state index contributed by atoms with van der Waals surface area (Å²) in [5, 5.41) is 3.90. The van der Waals surface area contributed by atoms with Crippen LogP contribution in [0.1, 0.15) is 63.5 Å². The predicted molar refractivity (Wildman–Crippen MR) is 90.8 cm³/mol. The minimum atomic E-state index is 0.457. The van der Waals surface area contributed by atoms with Gasteiger partial charge in [0.1, 0.15) is 5.75 Å².